The van der Waals surface area contributed by atoms with E-state index >= 15 is 0 Å². The van der Waals surface area contributed by atoms with Gasteiger partial charge >= 0.3 is 0 Å². The van der Waals surface area contributed by atoms with Crippen molar-refractivity contribution in [3.05, 3.63) is 89.0 Å². The second-order valence-electron chi connectivity index (χ2n) is 8.42. The number of nitrogens with one attached hydrogen (secondary N) is 2. The fraction of sp³-hybridized carbons (Fsp3) is 0.269. The van der Waals surface area contributed by atoms with E-state index in [4.69, 9.17) is 4.74 Å². The monoisotopic (exact) mass is 481 g/mol. The third-order valence-corrected chi connectivity index (χ3v) is 7.11. The largest absolute Gasteiger partial charge is 0.497 e. The highest BCUT2D eigenvalue weighted by Gasteiger charge is 2.19. The number of amides is 1. The van der Waals surface area contributed by atoms with E-state index in [0.717, 1.165) is 16.9 Å². The maximum Gasteiger partial charge on any atom is 0.262 e. The second kappa shape index (κ2) is 10.7. The van der Waals surface area contributed by atoms with Crippen LogP contribution in [0.3, 0.4) is 0 Å². The molecule has 1 amide bonds. The predicted octanol–water partition coefficient (Wildman–Crippen LogP) is 4.15. The summed E-state index contributed by atoms with van der Waals surface area (Å²) < 4.78 is 33.5. The summed E-state index contributed by atoms with van der Waals surface area (Å²) in [5.74, 6) is 0.522. The molecule has 3 aromatic rings. The van der Waals surface area contributed by atoms with Gasteiger partial charge in [-0.1, -0.05) is 24.3 Å². The van der Waals surface area contributed by atoms with Crippen molar-refractivity contribution in [3.63, 3.8) is 0 Å². The molecule has 1 unspecified atom stereocenters. The van der Waals surface area contributed by atoms with Gasteiger partial charge in [-0.2, -0.15) is 0 Å². The van der Waals surface area contributed by atoms with E-state index in [1.54, 1.807) is 50.4 Å². The summed E-state index contributed by atoms with van der Waals surface area (Å²) in [6.07, 6.45) is 0. The van der Waals surface area contributed by atoms with Crippen LogP contribution >= 0.6 is 0 Å². The van der Waals surface area contributed by atoms with Crippen LogP contribution in [0.1, 0.15) is 33.1 Å². The van der Waals surface area contributed by atoms with Gasteiger partial charge in [0.2, 0.25) is 0 Å². The fourth-order valence-electron chi connectivity index (χ4n) is 3.64. The number of carbonyl (C=O) groups is 1. The lowest BCUT2D eigenvalue weighted by atomic mass is 10.1. The highest BCUT2D eigenvalue weighted by Crippen LogP contribution is 2.23. The van der Waals surface area contributed by atoms with Crippen LogP contribution in [-0.2, 0) is 10.0 Å². The Morgan fingerprint density at radius 3 is 2.35 bits per heavy atom. The van der Waals surface area contributed by atoms with Crippen molar-refractivity contribution in [2.75, 3.05) is 32.5 Å². The predicted molar refractivity (Wildman–Crippen MR) is 135 cm³/mol. The minimum atomic E-state index is -3.73. The van der Waals surface area contributed by atoms with Gasteiger partial charge in [0.05, 0.1) is 18.0 Å². The maximum atomic E-state index is 12.8. The number of rotatable bonds is 9. The summed E-state index contributed by atoms with van der Waals surface area (Å²) in [6, 6.07) is 19.4. The van der Waals surface area contributed by atoms with E-state index in [-0.39, 0.29) is 16.8 Å². The minimum absolute atomic E-state index is 0.0392. The molecule has 2 N–H and O–H groups in total. The van der Waals surface area contributed by atoms with Crippen molar-refractivity contribution in [3.8, 4) is 5.75 Å². The molecule has 0 aliphatic carbocycles. The van der Waals surface area contributed by atoms with Crippen molar-refractivity contribution in [1.82, 2.24) is 10.2 Å². The zero-order chi connectivity index (χ0) is 24.9. The number of aryl methyl sites for hydroxylation is 2. The highest BCUT2D eigenvalue weighted by molar-refractivity contribution is 7.92. The van der Waals surface area contributed by atoms with E-state index in [9.17, 15) is 13.2 Å². The number of hydrogen-bond acceptors (Lipinski definition) is 5. The minimum Gasteiger partial charge on any atom is -0.497 e. The van der Waals surface area contributed by atoms with Crippen LogP contribution in [0.5, 0.6) is 5.75 Å². The van der Waals surface area contributed by atoms with Crippen LogP contribution in [-0.4, -0.2) is 47.0 Å². The van der Waals surface area contributed by atoms with E-state index in [1.807, 2.05) is 56.3 Å². The quantitative estimate of drug-likeness (QED) is 0.480. The molecule has 0 spiro atoms. The molecule has 0 aromatic heterocycles. The van der Waals surface area contributed by atoms with Crippen molar-refractivity contribution >= 4 is 21.6 Å². The fourth-order valence-corrected chi connectivity index (χ4v) is 5.02. The zero-order valence-corrected chi connectivity index (χ0v) is 20.9. The van der Waals surface area contributed by atoms with Crippen LogP contribution in [0.4, 0.5) is 5.69 Å². The summed E-state index contributed by atoms with van der Waals surface area (Å²) in [4.78, 5) is 15.0. The summed E-state index contributed by atoms with van der Waals surface area (Å²) in [5.41, 5.74) is 3.39. The molecule has 0 aliphatic heterocycles. The first-order valence-corrected chi connectivity index (χ1v) is 12.4. The van der Waals surface area contributed by atoms with Gasteiger partial charge in [-0.05, 0) is 87.1 Å². The maximum absolute atomic E-state index is 12.8. The number of hydrogen-bond donors (Lipinski definition) is 2. The Labute approximate surface area is 201 Å². The van der Waals surface area contributed by atoms with Gasteiger partial charge in [0, 0.05) is 17.8 Å². The van der Waals surface area contributed by atoms with Gasteiger partial charge in [-0.15, -0.1) is 0 Å². The number of carbonyl (C=O) groups excluding carboxylic acids is 1. The number of likely N-dealkylation sites (N-methyl/N-ethyl adjacent to an activating group) is 1. The van der Waals surface area contributed by atoms with Gasteiger partial charge in [0.1, 0.15) is 5.75 Å². The third kappa shape index (κ3) is 6.15. The lowest BCUT2D eigenvalue weighted by Gasteiger charge is -2.25. The smallest absolute Gasteiger partial charge is 0.262 e. The Bertz CT molecular complexity index is 1260. The van der Waals surface area contributed by atoms with Gasteiger partial charge in [-0.25, -0.2) is 8.42 Å². The molecule has 0 saturated carbocycles. The molecule has 34 heavy (non-hydrogen) atoms. The van der Waals surface area contributed by atoms with E-state index < -0.39 is 10.0 Å². The Hall–Kier alpha value is -3.36. The van der Waals surface area contributed by atoms with Gasteiger partial charge in [0.15, 0.2) is 0 Å². The molecule has 180 valence electrons. The Balaban J connectivity index is 1.68. The normalized spacial score (nSPS) is 12.3. The standard InChI is InChI=1S/C26H31N3O4S/c1-18-9-10-19(2)25(15-18)34(31,32)28-22-13-11-20(12-14-22)26(30)27-17-24(29(3)4)21-7-6-8-23(16-21)33-5/h6-16,24,28H,17H2,1-5H3,(H,27,30). The molecule has 8 heteroatoms. The number of nitrogens with zero attached hydrogens (tertiary/aromatic N) is 1. The summed E-state index contributed by atoms with van der Waals surface area (Å²) in [5, 5.41) is 2.96. The van der Waals surface area contributed by atoms with E-state index in [2.05, 4.69) is 10.0 Å². The van der Waals surface area contributed by atoms with Crippen molar-refractivity contribution < 1.29 is 17.9 Å². The summed E-state index contributed by atoms with van der Waals surface area (Å²) in [6.45, 7) is 4.01. The molecule has 0 saturated heterocycles. The topological polar surface area (TPSA) is 87.7 Å². The second-order valence-corrected chi connectivity index (χ2v) is 10.1. The molecule has 0 bridgehead atoms. The molecule has 7 nitrogen and oxygen atoms in total. The first-order valence-electron chi connectivity index (χ1n) is 10.9. The molecular weight excluding hydrogens is 450 g/mol. The zero-order valence-electron chi connectivity index (χ0n) is 20.1. The average molecular weight is 482 g/mol. The first kappa shape index (κ1) is 25.3. The van der Waals surface area contributed by atoms with Crippen LogP contribution in [0.2, 0.25) is 0 Å². The molecule has 3 rings (SSSR count). The molecule has 1 atom stereocenters. The molecule has 0 fully saturated rings. The number of sulfonamides is 1. The van der Waals surface area contributed by atoms with Crippen molar-refractivity contribution in [2.24, 2.45) is 0 Å². The third-order valence-electron chi connectivity index (χ3n) is 5.59. The SMILES string of the molecule is COc1cccc(C(CNC(=O)c2ccc(NS(=O)(=O)c3cc(C)ccc3C)cc2)N(C)C)c1. The van der Waals surface area contributed by atoms with E-state index in [0.29, 0.717) is 23.4 Å². The molecule has 0 aliphatic rings. The van der Waals surface area contributed by atoms with Crippen LogP contribution in [0.15, 0.2) is 71.6 Å². The number of methoxy groups -OCH3 is 1. The molecule has 0 radical (unpaired) electrons. The lowest BCUT2D eigenvalue weighted by Crippen LogP contribution is -2.34. The van der Waals surface area contributed by atoms with Crippen LogP contribution in [0, 0.1) is 13.8 Å². The van der Waals surface area contributed by atoms with Crippen LogP contribution < -0.4 is 14.8 Å². The molecule has 3 aromatic carbocycles. The van der Waals surface area contributed by atoms with Gasteiger partial charge in [0.25, 0.3) is 15.9 Å². The lowest BCUT2D eigenvalue weighted by molar-refractivity contribution is 0.0942. The Morgan fingerprint density at radius 2 is 1.71 bits per heavy atom. The van der Waals surface area contributed by atoms with Gasteiger partial charge < -0.3 is 15.0 Å². The number of ether oxygens (including phenoxy) is 1. The molecular formula is C26H31N3O4S. The van der Waals surface area contributed by atoms with Crippen molar-refractivity contribution in [1.29, 1.82) is 0 Å². The average Bonchev–Trinajstić information content (AvgIpc) is 2.80. The summed E-state index contributed by atoms with van der Waals surface area (Å²) in [7, 11) is 1.79. The van der Waals surface area contributed by atoms with Crippen LogP contribution in [0.25, 0.3) is 0 Å². The number of anilines is 1. The Kier molecular flexibility index (Phi) is 7.96. The summed E-state index contributed by atoms with van der Waals surface area (Å²) >= 11 is 0. The van der Waals surface area contributed by atoms with Gasteiger partial charge in [-0.3, -0.25) is 9.52 Å². The van der Waals surface area contributed by atoms with Crippen molar-refractivity contribution in [2.45, 2.75) is 24.8 Å². The van der Waals surface area contributed by atoms with E-state index in [1.165, 1.54) is 0 Å². The molecule has 0 heterocycles. The number of benzene rings is 3. The Morgan fingerprint density at radius 1 is 1.00 bits per heavy atom. The highest BCUT2D eigenvalue weighted by atomic mass is 32.2. The first-order chi connectivity index (χ1) is 16.1.